The highest BCUT2D eigenvalue weighted by molar-refractivity contribution is 7.99. The number of rotatable bonds is 6. The van der Waals surface area contributed by atoms with Gasteiger partial charge in [-0.1, -0.05) is 6.42 Å². The molecule has 0 saturated heterocycles. The lowest BCUT2D eigenvalue weighted by molar-refractivity contribution is -0.125. The number of carbonyl (C=O) groups is 1. The van der Waals surface area contributed by atoms with Gasteiger partial charge < -0.3 is 5.32 Å². The molecule has 0 aromatic heterocycles. The molecule has 112 valence electrons. The zero-order valence-corrected chi connectivity index (χ0v) is 13.8. The summed E-state index contributed by atoms with van der Waals surface area (Å²) in [6.45, 7) is 0.116. The molecule has 0 radical (unpaired) electrons. The largest absolute Gasteiger partial charge is 0.343 e. The van der Waals surface area contributed by atoms with Crippen LogP contribution < -0.4 is 5.32 Å². The summed E-state index contributed by atoms with van der Waals surface area (Å²) in [4.78, 5) is 14.6. The predicted octanol–water partition coefficient (Wildman–Crippen LogP) is 3.56. The van der Waals surface area contributed by atoms with E-state index in [9.17, 15) is 4.79 Å². The zero-order valence-electron chi connectivity index (χ0n) is 12.2. The number of benzene rings is 1. The summed E-state index contributed by atoms with van der Waals surface area (Å²) >= 11 is 3.57. The summed E-state index contributed by atoms with van der Waals surface area (Å²) < 4.78 is 0. The number of amides is 1. The van der Waals surface area contributed by atoms with Crippen LogP contribution in [0.4, 0.5) is 0 Å². The number of carbonyl (C=O) groups excluding carboxylic acids is 1. The lowest BCUT2D eigenvalue weighted by Gasteiger charge is -2.18. The molecule has 0 spiro atoms. The average Bonchev–Trinajstić information content (AvgIpc) is 2.99. The summed E-state index contributed by atoms with van der Waals surface area (Å²) in [5.41, 5.74) is 0. The summed E-state index contributed by atoms with van der Waals surface area (Å²) in [7, 11) is 0. The Morgan fingerprint density at radius 1 is 1.33 bits per heavy atom. The molecule has 1 saturated carbocycles. The van der Waals surface area contributed by atoms with Crippen LogP contribution in [-0.2, 0) is 4.79 Å². The van der Waals surface area contributed by atoms with E-state index >= 15 is 0 Å². The van der Waals surface area contributed by atoms with E-state index in [0.29, 0.717) is 5.92 Å². The van der Waals surface area contributed by atoms with Gasteiger partial charge in [0.15, 0.2) is 0 Å². The SMILES string of the molecule is CSc1ccc(SCC2CCCC2C(=O)NCC#N)cc1. The highest BCUT2D eigenvalue weighted by Crippen LogP contribution is 2.36. The van der Waals surface area contributed by atoms with Crippen LogP contribution in [0.2, 0.25) is 0 Å². The van der Waals surface area contributed by atoms with Gasteiger partial charge in [0, 0.05) is 21.5 Å². The van der Waals surface area contributed by atoms with Gasteiger partial charge in [0.1, 0.15) is 6.54 Å². The first kappa shape index (κ1) is 16.3. The second-order valence-corrected chi connectivity index (χ2v) is 7.13. The molecule has 1 aromatic carbocycles. The van der Waals surface area contributed by atoms with Gasteiger partial charge in [0.25, 0.3) is 0 Å². The predicted molar refractivity (Wildman–Crippen MR) is 88.4 cm³/mol. The molecule has 3 nitrogen and oxygen atoms in total. The molecule has 2 unspecified atom stereocenters. The minimum Gasteiger partial charge on any atom is -0.343 e. The van der Waals surface area contributed by atoms with Crippen molar-refractivity contribution in [3.05, 3.63) is 24.3 Å². The Balaban J connectivity index is 1.86. The zero-order chi connectivity index (χ0) is 15.1. The quantitative estimate of drug-likeness (QED) is 0.643. The van der Waals surface area contributed by atoms with Crippen molar-refractivity contribution in [3.63, 3.8) is 0 Å². The molecular weight excluding hydrogens is 300 g/mol. The van der Waals surface area contributed by atoms with Crippen molar-refractivity contribution in [1.82, 2.24) is 5.32 Å². The van der Waals surface area contributed by atoms with Crippen molar-refractivity contribution in [2.75, 3.05) is 18.6 Å². The average molecular weight is 320 g/mol. The molecule has 2 atom stereocenters. The van der Waals surface area contributed by atoms with Gasteiger partial charge in [-0.3, -0.25) is 4.79 Å². The van der Waals surface area contributed by atoms with Crippen LogP contribution in [0.5, 0.6) is 0 Å². The summed E-state index contributed by atoms with van der Waals surface area (Å²) in [6, 6.07) is 10.5. The fourth-order valence-corrected chi connectivity index (χ4v) is 4.26. The number of nitrogens with one attached hydrogen (secondary N) is 1. The summed E-state index contributed by atoms with van der Waals surface area (Å²) in [5, 5.41) is 11.3. The summed E-state index contributed by atoms with van der Waals surface area (Å²) in [6.07, 6.45) is 5.25. The van der Waals surface area contributed by atoms with Crippen molar-refractivity contribution in [1.29, 1.82) is 5.26 Å². The highest BCUT2D eigenvalue weighted by atomic mass is 32.2. The normalized spacial score (nSPS) is 21.0. The van der Waals surface area contributed by atoms with Gasteiger partial charge in [-0.2, -0.15) is 5.26 Å². The molecule has 5 heteroatoms. The molecule has 21 heavy (non-hydrogen) atoms. The summed E-state index contributed by atoms with van der Waals surface area (Å²) in [5.74, 6) is 1.53. The molecule has 0 aliphatic heterocycles. The van der Waals surface area contributed by atoms with Gasteiger partial charge in [-0.25, -0.2) is 0 Å². The third-order valence-electron chi connectivity index (χ3n) is 3.86. The number of hydrogen-bond acceptors (Lipinski definition) is 4. The Kier molecular flexibility index (Phi) is 6.47. The Labute approximate surface area is 134 Å². The highest BCUT2D eigenvalue weighted by Gasteiger charge is 2.32. The molecule has 1 fully saturated rings. The maximum Gasteiger partial charge on any atom is 0.224 e. The second-order valence-electron chi connectivity index (χ2n) is 5.16. The maximum absolute atomic E-state index is 12.0. The van der Waals surface area contributed by atoms with Crippen molar-refractivity contribution < 1.29 is 4.79 Å². The molecule has 1 aliphatic rings. The molecule has 1 aliphatic carbocycles. The topological polar surface area (TPSA) is 52.9 Å². The Bertz CT molecular complexity index is 510. The van der Waals surface area contributed by atoms with Crippen LogP contribution in [0.25, 0.3) is 0 Å². The van der Waals surface area contributed by atoms with Crippen LogP contribution >= 0.6 is 23.5 Å². The van der Waals surface area contributed by atoms with E-state index in [2.05, 4.69) is 35.8 Å². The van der Waals surface area contributed by atoms with Crippen molar-refractivity contribution in [2.24, 2.45) is 11.8 Å². The molecule has 1 aromatic rings. The van der Waals surface area contributed by atoms with Gasteiger partial charge in [0.05, 0.1) is 6.07 Å². The standard InChI is InChI=1S/C16H20N2OS2/c1-20-13-5-7-14(8-6-13)21-11-12-3-2-4-15(12)16(19)18-10-9-17/h5-8,12,15H,2-4,10-11H2,1H3,(H,18,19). The van der Waals surface area contributed by atoms with E-state index < -0.39 is 0 Å². The first-order chi connectivity index (χ1) is 10.2. The molecule has 1 amide bonds. The number of thioether (sulfide) groups is 2. The van der Waals surface area contributed by atoms with E-state index in [1.165, 1.54) is 9.79 Å². The van der Waals surface area contributed by atoms with Crippen molar-refractivity contribution in [3.8, 4) is 6.07 Å². The minimum atomic E-state index is 0.0531. The van der Waals surface area contributed by atoms with Crippen LogP contribution in [-0.4, -0.2) is 24.5 Å². The smallest absolute Gasteiger partial charge is 0.224 e. The van der Waals surface area contributed by atoms with Gasteiger partial charge in [-0.15, -0.1) is 23.5 Å². The molecule has 1 N–H and O–H groups in total. The Morgan fingerprint density at radius 3 is 2.71 bits per heavy atom. The van der Waals surface area contributed by atoms with Gasteiger partial charge in [-0.05, 0) is 49.3 Å². The van der Waals surface area contributed by atoms with E-state index in [1.54, 1.807) is 11.8 Å². The van der Waals surface area contributed by atoms with Crippen molar-refractivity contribution >= 4 is 29.4 Å². The van der Waals surface area contributed by atoms with Gasteiger partial charge >= 0.3 is 0 Å². The fourth-order valence-electron chi connectivity index (χ4n) is 2.71. The van der Waals surface area contributed by atoms with Gasteiger partial charge in [0.2, 0.25) is 5.91 Å². The number of nitriles is 1. The monoisotopic (exact) mass is 320 g/mol. The molecule has 0 heterocycles. The van der Waals surface area contributed by atoms with Crippen molar-refractivity contribution in [2.45, 2.75) is 29.1 Å². The lowest BCUT2D eigenvalue weighted by Crippen LogP contribution is -2.33. The number of nitrogens with zero attached hydrogens (tertiary/aromatic N) is 1. The van der Waals surface area contributed by atoms with Crippen LogP contribution in [0.15, 0.2) is 34.1 Å². The minimum absolute atomic E-state index is 0.0531. The molecule has 0 bridgehead atoms. The Hall–Kier alpha value is -1.12. The first-order valence-electron chi connectivity index (χ1n) is 7.16. The third-order valence-corrected chi connectivity index (χ3v) is 5.80. The van der Waals surface area contributed by atoms with Crippen LogP contribution in [0.1, 0.15) is 19.3 Å². The lowest BCUT2D eigenvalue weighted by atomic mass is 9.97. The first-order valence-corrected chi connectivity index (χ1v) is 9.37. The third kappa shape index (κ3) is 4.69. The van der Waals surface area contributed by atoms with E-state index in [1.807, 2.05) is 17.8 Å². The van der Waals surface area contributed by atoms with E-state index in [0.717, 1.165) is 25.0 Å². The maximum atomic E-state index is 12.0. The molecule has 2 rings (SSSR count). The fraction of sp³-hybridized carbons (Fsp3) is 0.500. The second kappa shape index (κ2) is 8.35. The van der Waals surface area contributed by atoms with E-state index in [4.69, 9.17) is 5.26 Å². The molecular formula is C16H20N2OS2. The van der Waals surface area contributed by atoms with Crippen LogP contribution in [0, 0.1) is 23.2 Å². The number of hydrogen-bond donors (Lipinski definition) is 1. The Morgan fingerprint density at radius 2 is 2.05 bits per heavy atom. The van der Waals surface area contributed by atoms with Crippen LogP contribution in [0.3, 0.4) is 0 Å². The van der Waals surface area contributed by atoms with E-state index in [-0.39, 0.29) is 18.4 Å².